The van der Waals surface area contributed by atoms with E-state index in [0.29, 0.717) is 16.6 Å². The lowest BCUT2D eigenvalue weighted by Crippen LogP contribution is -2.26. The number of hydrogen-bond acceptors (Lipinski definition) is 4. The van der Waals surface area contributed by atoms with Gasteiger partial charge in [-0.1, -0.05) is 12.1 Å². The summed E-state index contributed by atoms with van der Waals surface area (Å²) in [6.07, 6.45) is -2.94. The number of H-pyrrole nitrogens is 1. The van der Waals surface area contributed by atoms with Crippen LogP contribution in [0.1, 0.15) is 31.9 Å². The second-order valence-corrected chi connectivity index (χ2v) is 7.41. The van der Waals surface area contributed by atoms with Gasteiger partial charge in [-0.05, 0) is 38.5 Å². The van der Waals surface area contributed by atoms with Gasteiger partial charge in [-0.2, -0.15) is 23.3 Å². The zero-order valence-electron chi connectivity index (χ0n) is 15.4. The third kappa shape index (κ3) is 3.81. The van der Waals surface area contributed by atoms with Crippen molar-refractivity contribution in [3.8, 4) is 0 Å². The molecule has 0 atom stereocenters. The number of hydrogen-bond donors (Lipinski definition) is 1. The van der Waals surface area contributed by atoms with Crippen LogP contribution in [0.3, 0.4) is 0 Å². The first kappa shape index (κ1) is 18.9. The highest BCUT2D eigenvalue weighted by Crippen LogP contribution is 2.30. The lowest BCUT2D eigenvalue weighted by molar-refractivity contribution is -0.137. The summed E-state index contributed by atoms with van der Waals surface area (Å²) in [4.78, 5) is 21.1. The molecule has 0 bridgehead atoms. The Bertz CT molecular complexity index is 1030. The number of nitrogens with one attached hydrogen (secondary N) is 1. The van der Waals surface area contributed by atoms with E-state index in [0.717, 1.165) is 12.1 Å². The Balaban J connectivity index is 1.97. The molecule has 0 aliphatic carbocycles. The van der Waals surface area contributed by atoms with Crippen molar-refractivity contribution in [2.24, 2.45) is 0 Å². The second kappa shape index (κ2) is 6.40. The lowest BCUT2D eigenvalue weighted by Gasteiger charge is -2.21. The van der Waals surface area contributed by atoms with Gasteiger partial charge < -0.3 is 4.90 Å². The first-order valence-electron chi connectivity index (χ1n) is 8.32. The van der Waals surface area contributed by atoms with Crippen LogP contribution in [0.25, 0.3) is 11.0 Å². The molecule has 9 heteroatoms. The van der Waals surface area contributed by atoms with E-state index in [1.165, 1.54) is 12.3 Å². The molecule has 0 aliphatic heterocycles. The van der Waals surface area contributed by atoms with Crippen molar-refractivity contribution >= 4 is 17.0 Å². The monoisotopic (exact) mass is 379 g/mol. The third-order valence-corrected chi connectivity index (χ3v) is 4.10. The molecule has 0 spiro atoms. The molecule has 3 aromatic rings. The van der Waals surface area contributed by atoms with Crippen LogP contribution >= 0.6 is 0 Å². The number of nitrogens with zero attached hydrogens (tertiary/aromatic N) is 4. The van der Waals surface area contributed by atoms with Crippen molar-refractivity contribution in [2.75, 3.05) is 11.9 Å². The van der Waals surface area contributed by atoms with Crippen molar-refractivity contribution in [1.29, 1.82) is 0 Å². The summed E-state index contributed by atoms with van der Waals surface area (Å²) >= 11 is 0. The molecular weight excluding hydrogens is 359 g/mol. The quantitative estimate of drug-likeness (QED) is 0.756. The van der Waals surface area contributed by atoms with E-state index < -0.39 is 11.7 Å². The fourth-order valence-electron chi connectivity index (χ4n) is 2.77. The van der Waals surface area contributed by atoms with E-state index in [4.69, 9.17) is 0 Å². The highest BCUT2D eigenvalue weighted by molar-refractivity contribution is 5.74. The van der Waals surface area contributed by atoms with E-state index in [9.17, 15) is 18.0 Å². The number of alkyl halides is 3. The number of halogens is 3. The number of aromatic amines is 1. The normalized spacial score (nSPS) is 12.6. The van der Waals surface area contributed by atoms with Crippen molar-refractivity contribution in [2.45, 2.75) is 39.0 Å². The smallest absolute Gasteiger partial charge is 0.341 e. The Hall–Kier alpha value is -2.84. The van der Waals surface area contributed by atoms with Crippen LogP contribution in [0.4, 0.5) is 19.1 Å². The summed E-state index contributed by atoms with van der Waals surface area (Å²) in [7, 11) is 1.65. The molecule has 0 fully saturated rings. The molecule has 144 valence electrons. The molecule has 1 N–H and O–H groups in total. The Morgan fingerprint density at radius 2 is 1.93 bits per heavy atom. The summed E-state index contributed by atoms with van der Waals surface area (Å²) in [5.41, 5.74) is -0.548. The summed E-state index contributed by atoms with van der Waals surface area (Å²) in [6, 6.07) is 5.08. The van der Waals surface area contributed by atoms with E-state index in [1.54, 1.807) is 22.7 Å². The zero-order chi connectivity index (χ0) is 20.0. The average molecular weight is 379 g/mol. The molecule has 6 nitrogen and oxygen atoms in total. The van der Waals surface area contributed by atoms with E-state index in [-0.39, 0.29) is 23.6 Å². The van der Waals surface area contributed by atoms with Crippen molar-refractivity contribution in [1.82, 2.24) is 19.7 Å². The Morgan fingerprint density at radius 3 is 2.56 bits per heavy atom. The predicted octanol–water partition coefficient (Wildman–Crippen LogP) is 3.53. The minimum Gasteiger partial charge on any atom is -0.341 e. The molecule has 0 saturated carbocycles. The van der Waals surface area contributed by atoms with Gasteiger partial charge in [0.2, 0.25) is 5.95 Å². The van der Waals surface area contributed by atoms with Gasteiger partial charge in [0.25, 0.3) is 5.56 Å². The van der Waals surface area contributed by atoms with Crippen LogP contribution in [0.2, 0.25) is 0 Å². The molecule has 2 heterocycles. The molecule has 0 aliphatic rings. The minimum absolute atomic E-state index is 0.155. The summed E-state index contributed by atoms with van der Waals surface area (Å²) < 4.78 is 40.3. The Kier molecular flexibility index (Phi) is 4.49. The van der Waals surface area contributed by atoms with Gasteiger partial charge in [0.1, 0.15) is 5.39 Å². The highest BCUT2D eigenvalue weighted by atomic mass is 19.4. The fraction of sp³-hybridized carbons (Fsp3) is 0.389. The maximum atomic E-state index is 12.9. The van der Waals surface area contributed by atoms with E-state index in [1.807, 2.05) is 20.8 Å². The van der Waals surface area contributed by atoms with Crippen LogP contribution in [-0.2, 0) is 18.3 Å². The second-order valence-electron chi connectivity index (χ2n) is 7.41. The van der Waals surface area contributed by atoms with Gasteiger partial charge in [-0.15, -0.1) is 0 Å². The van der Waals surface area contributed by atoms with Crippen LogP contribution in [-0.4, -0.2) is 26.8 Å². The van der Waals surface area contributed by atoms with Crippen molar-refractivity contribution < 1.29 is 13.2 Å². The van der Waals surface area contributed by atoms with E-state index >= 15 is 0 Å². The molecule has 27 heavy (non-hydrogen) atoms. The average Bonchev–Trinajstić information content (AvgIpc) is 2.99. The maximum Gasteiger partial charge on any atom is 0.416 e. The number of aromatic nitrogens is 4. The Morgan fingerprint density at radius 1 is 1.22 bits per heavy atom. The third-order valence-electron chi connectivity index (χ3n) is 4.10. The van der Waals surface area contributed by atoms with E-state index in [2.05, 4.69) is 15.1 Å². The van der Waals surface area contributed by atoms with Crippen LogP contribution in [0.15, 0.2) is 35.3 Å². The van der Waals surface area contributed by atoms with Crippen molar-refractivity contribution in [3.63, 3.8) is 0 Å². The minimum atomic E-state index is -4.40. The molecule has 1 aromatic carbocycles. The topological polar surface area (TPSA) is 66.8 Å². The lowest BCUT2D eigenvalue weighted by atomic mass is 10.1. The van der Waals surface area contributed by atoms with Crippen LogP contribution in [0.5, 0.6) is 0 Å². The predicted molar refractivity (Wildman–Crippen MR) is 96.7 cm³/mol. The summed E-state index contributed by atoms with van der Waals surface area (Å²) in [5.74, 6) is 0.260. The molecule has 0 radical (unpaired) electrons. The first-order valence-corrected chi connectivity index (χ1v) is 8.32. The van der Waals surface area contributed by atoms with Gasteiger partial charge in [0, 0.05) is 13.6 Å². The zero-order valence-corrected chi connectivity index (χ0v) is 15.4. The molecular formula is C18H20F3N5O. The van der Waals surface area contributed by atoms with Gasteiger partial charge in [-0.3, -0.25) is 9.78 Å². The summed E-state index contributed by atoms with van der Waals surface area (Å²) in [5, 5.41) is 4.60. The Labute approximate surface area is 153 Å². The van der Waals surface area contributed by atoms with Gasteiger partial charge in [0.05, 0.1) is 17.3 Å². The van der Waals surface area contributed by atoms with Crippen LogP contribution < -0.4 is 10.5 Å². The van der Waals surface area contributed by atoms with Gasteiger partial charge >= 0.3 is 6.18 Å². The standard InChI is InChI=1S/C18H20F3N5O/c1-17(2,3)26-14-13(9-22-26)15(27)24-16(23-14)25(4)10-11-6-5-7-12(8-11)18(19,20)21/h5-9H,10H2,1-4H3,(H,23,24,27). The largest absolute Gasteiger partial charge is 0.416 e. The molecule has 2 aromatic heterocycles. The fourth-order valence-corrected chi connectivity index (χ4v) is 2.77. The van der Waals surface area contributed by atoms with Crippen LogP contribution in [0, 0.1) is 0 Å². The van der Waals surface area contributed by atoms with Crippen molar-refractivity contribution in [3.05, 3.63) is 51.9 Å². The molecule has 3 rings (SSSR count). The highest BCUT2D eigenvalue weighted by Gasteiger charge is 2.30. The maximum absolute atomic E-state index is 12.9. The number of benzene rings is 1. The van der Waals surface area contributed by atoms with Gasteiger partial charge in [-0.25, -0.2) is 4.68 Å². The van der Waals surface area contributed by atoms with Gasteiger partial charge in [0.15, 0.2) is 5.65 Å². The molecule has 0 saturated heterocycles. The summed E-state index contributed by atoms with van der Waals surface area (Å²) in [6.45, 7) is 5.97. The SMILES string of the molecule is CN(Cc1cccc(C(F)(F)F)c1)c1nc2c(cnn2C(C)(C)C)c(=O)[nH]1. The molecule has 0 amide bonds. The number of rotatable bonds is 3. The number of anilines is 1. The first-order chi connectivity index (χ1) is 12.5. The molecule has 0 unspecified atom stereocenters. The number of fused-ring (bicyclic) bond motifs is 1.